The molecule has 0 aliphatic carbocycles. The van der Waals surface area contributed by atoms with Crippen LogP contribution in [0.15, 0.2) is 35.5 Å². The van der Waals surface area contributed by atoms with Crippen molar-refractivity contribution in [2.45, 2.75) is 25.3 Å². The van der Waals surface area contributed by atoms with E-state index in [1.54, 1.807) is 19.9 Å². The number of aromatic nitrogens is 4. The van der Waals surface area contributed by atoms with Crippen molar-refractivity contribution >= 4 is 27.2 Å². The molecule has 0 bridgehead atoms. The summed E-state index contributed by atoms with van der Waals surface area (Å²) in [4.78, 5) is 13.0. The van der Waals surface area contributed by atoms with Crippen LogP contribution in [-0.4, -0.2) is 45.1 Å². The summed E-state index contributed by atoms with van der Waals surface area (Å²) in [6.45, 7) is 3.77. The van der Waals surface area contributed by atoms with Gasteiger partial charge in [-0.1, -0.05) is 11.6 Å². The number of aromatic hydroxyl groups is 1. The molecule has 1 N–H and O–H groups in total. The zero-order valence-electron chi connectivity index (χ0n) is 14.8. The van der Waals surface area contributed by atoms with Gasteiger partial charge >= 0.3 is 0 Å². The number of nitrogens with zero attached hydrogens (tertiary/aromatic N) is 4. The number of benzene rings is 1. The molecule has 142 valence electrons. The second kappa shape index (κ2) is 6.82. The Kier molecular flexibility index (Phi) is 4.83. The van der Waals surface area contributed by atoms with Gasteiger partial charge < -0.3 is 5.11 Å². The number of halogens is 1. The number of carbonyl (C=O) groups is 1. The van der Waals surface area contributed by atoms with E-state index in [1.807, 2.05) is 0 Å². The van der Waals surface area contributed by atoms with E-state index in [1.165, 1.54) is 33.9 Å². The molecule has 1 aromatic carbocycles. The highest BCUT2D eigenvalue weighted by Crippen LogP contribution is 2.34. The number of ketones is 1. The van der Waals surface area contributed by atoms with Gasteiger partial charge in [0, 0.05) is 30.8 Å². The summed E-state index contributed by atoms with van der Waals surface area (Å²) in [5, 5.41) is 18.4. The second-order valence-electron chi connectivity index (χ2n) is 5.93. The van der Waals surface area contributed by atoms with Crippen LogP contribution in [0, 0.1) is 6.92 Å². The Labute approximate surface area is 160 Å². The lowest BCUT2D eigenvalue weighted by Gasteiger charge is -2.13. The second-order valence-corrected chi connectivity index (χ2v) is 8.29. The maximum Gasteiger partial charge on any atom is 0.221 e. The summed E-state index contributed by atoms with van der Waals surface area (Å²) in [6, 6.07) is 4.25. The summed E-state index contributed by atoms with van der Waals surface area (Å²) in [5.41, 5.74) is 0.499. The lowest BCUT2D eigenvalue weighted by Crippen LogP contribution is -2.11. The van der Waals surface area contributed by atoms with E-state index >= 15 is 0 Å². The van der Waals surface area contributed by atoms with Crippen LogP contribution in [0.1, 0.15) is 28.5 Å². The van der Waals surface area contributed by atoms with Crippen molar-refractivity contribution in [2.75, 3.05) is 6.26 Å². The van der Waals surface area contributed by atoms with Crippen molar-refractivity contribution in [3.63, 3.8) is 0 Å². The van der Waals surface area contributed by atoms with E-state index in [0.717, 1.165) is 6.26 Å². The molecule has 0 unspecified atom stereocenters. The summed E-state index contributed by atoms with van der Waals surface area (Å²) in [7, 11) is -3.63. The number of aryl methyl sites for hydroxylation is 2. The summed E-state index contributed by atoms with van der Waals surface area (Å²) < 4.78 is 26.9. The van der Waals surface area contributed by atoms with E-state index in [-0.39, 0.29) is 32.6 Å². The molecule has 0 aliphatic heterocycles. The smallest absolute Gasteiger partial charge is 0.221 e. The Balaban J connectivity index is 2.26. The van der Waals surface area contributed by atoms with Crippen LogP contribution in [0.2, 0.25) is 5.02 Å². The third-order valence-corrected chi connectivity index (χ3v) is 5.59. The number of hydrogen-bond donors (Lipinski definition) is 1. The standard InChI is InChI=1S/C17H17ClN4O4S/c1-4-21-17(24)13(10(2)20-21)16(23)11-6-7-12(27(3,25)26)15(14(11)18)22-9-5-8-19-22/h5-9,24H,4H2,1-3H3. The quantitative estimate of drug-likeness (QED) is 0.649. The Morgan fingerprint density at radius 3 is 2.56 bits per heavy atom. The van der Waals surface area contributed by atoms with Crippen LogP contribution in [0.25, 0.3) is 5.69 Å². The number of hydrogen-bond acceptors (Lipinski definition) is 6. The first-order chi connectivity index (χ1) is 12.7. The molecule has 0 saturated heterocycles. The van der Waals surface area contributed by atoms with Crippen LogP contribution in [0.4, 0.5) is 0 Å². The molecule has 3 aromatic rings. The van der Waals surface area contributed by atoms with Crippen LogP contribution in [0.5, 0.6) is 5.88 Å². The molecule has 2 heterocycles. The normalized spacial score (nSPS) is 11.7. The van der Waals surface area contributed by atoms with Crippen LogP contribution in [0.3, 0.4) is 0 Å². The first-order valence-electron chi connectivity index (χ1n) is 8.00. The van der Waals surface area contributed by atoms with Gasteiger partial charge in [-0.2, -0.15) is 10.2 Å². The molecule has 2 aromatic heterocycles. The lowest BCUT2D eigenvalue weighted by molar-refractivity contribution is 0.103. The SMILES string of the molecule is CCn1nc(C)c(C(=O)c2ccc(S(C)(=O)=O)c(-n3cccn3)c2Cl)c1O. The Bertz CT molecular complexity index is 1130. The van der Waals surface area contributed by atoms with Crippen molar-refractivity contribution in [3.8, 4) is 11.6 Å². The Morgan fingerprint density at radius 1 is 1.33 bits per heavy atom. The average Bonchev–Trinajstić information content (AvgIpc) is 3.21. The van der Waals surface area contributed by atoms with Crippen molar-refractivity contribution in [2.24, 2.45) is 0 Å². The molecular formula is C17H17ClN4O4S. The Morgan fingerprint density at radius 2 is 2.04 bits per heavy atom. The van der Waals surface area contributed by atoms with Gasteiger partial charge in [-0.3, -0.25) is 4.79 Å². The van der Waals surface area contributed by atoms with Gasteiger partial charge in [0.15, 0.2) is 9.84 Å². The van der Waals surface area contributed by atoms with Crippen molar-refractivity contribution in [3.05, 3.63) is 52.4 Å². The van der Waals surface area contributed by atoms with Gasteiger partial charge in [-0.25, -0.2) is 17.8 Å². The largest absolute Gasteiger partial charge is 0.493 e. The molecule has 8 nitrogen and oxygen atoms in total. The molecule has 0 saturated carbocycles. The molecule has 0 spiro atoms. The maximum atomic E-state index is 13.0. The minimum atomic E-state index is -3.63. The third kappa shape index (κ3) is 3.24. The zero-order valence-corrected chi connectivity index (χ0v) is 16.4. The number of sulfone groups is 1. The first-order valence-corrected chi connectivity index (χ1v) is 10.3. The minimum absolute atomic E-state index is 0.0253. The summed E-state index contributed by atoms with van der Waals surface area (Å²) >= 11 is 6.45. The molecule has 0 amide bonds. The topological polar surface area (TPSA) is 107 Å². The molecule has 0 atom stereocenters. The molecular weight excluding hydrogens is 392 g/mol. The van der Waals surface area contributed by atoms with Crippen molar-refractivity contribution < 1.29 is 18.3 Å². The summed E-state index contributed by atoms with van der Waals surface area (Å²) in [6.07, 6.45) is 4.05. The van der Waals surface area contributed by atoms with Gasteiger partial charge in [0.25, 0.3) is 0 Å². The third-order valence-electron chi connectivity index (χ3n) is 4.08. The fourth-order valence-corrected chi connectivity index (χ4v) is 4.08. The van der Waals surface area contributed by atoms with Gasteiger partial charge in [0.2, 0.25) is 11.7 Å². The molecule has 0 fully saturated rings. The van der Waals surface area contributed by atoms with Crippen molar-refractivity contribution in [1.82, 2.24) is 19.6 Å². The minimum Gasteiger partial charge on any atom is -0.493 e. The maximum absolute atomic E-state index is 13.0. The van der Waals surface area contributed by atoms with E-state index in [4.69, 9.17) is 11.6 Å². The highest BCUT2D eigenvalue weighted by Gasteiger charge is 2.28. The van der Waals surface area contributed by atoms with Gasteiger partial charge in [0.1, 0.15) is 11.3 Å². The molecule has 3 rings (SSSR count). The van der Waals surface area contributed by atoms with Crippen molar-refractivity contribution in [1.29, 1.82) is 0 Å². The Hall–Kier alpha value is -2.65. The highest BCUT2D eigenvalue weighted by molar-refractivity contribution is 7.90. The van der Waals surface area contributed by atoms with E-state index in [0.29, 0.717) is 12.2 Å². The van der Waals surface area contributed by atoms with E-state index in [9.17, 15) is 18.3 Å². The lowest BCUT2D eigenvalue weighted by atomic mass is 10.0. The fraction of sp³-hybridized carbons (Fsp3) is 0.235. The predicted molar refractivity (Wildman–Crippen MR) is 99.4 cm³/mol. The predicted octanol–water partition coefficient (Wildman–Crippen LogP) is 2.39. The number of carbonyl (C=O) groups excluding carboxylic acids is 1. The van der Waals surface area contributed by atoms with Gasteiger partial charge in [0.05, 0.1) is 15.6 Å². The molecule has 0 aliphatic rings. The zero-order chi connectivity index (χ0) is 19.9. The molecule has 10 heteroatoms. The average molecular weight is 409 g/mol. The van der Waals surface area contributed by atoms with E-state index in [2.05, 4.69) is 10.2 Å². The fourth-order valence-electron chi connectivity index (χ4n) is 2.83. The molecule has 0 radical (unpaired) electrons. The van der Waals surface area contributed by atoms with Crippen LogP contribution >= 0.6 is 11.6 Å². The van der Waals surface area contributed by atoms with Crippen LogP contribution in [-0.2, 0) is 16.4 Å². The number of rotatable bonds is 5. The first kappa shape index (κ1) is 19.1. The highest BCUT2D eigenvalue weighted by atomic mass is 35.5. The van der Waals surface area contributed by atoms with Gasteiger partial charge in [-0.15, -0.1) is 0 Å². The van der Waals surface area contributed by atoms with Crippen LogP contribution < -0.4 is 0 Å². The monoisotopic (exact) mass is 408 g/mol. The summed E-state index contributed by atoms with van der Waals surface area (Å²) in [5.74, 6) is -0.813. The van der Waals surface area contributed by atoms with Gasteiger partial charge in [-0.05, 0) is 32.0 Å². The van der Waals surface area contributed by atoms with E-state index < -0.39 is 15.6 Å². The molecule has 27 heavy (non-hydrogen) atoms.